The summed E-state index contributed by atoms with van der Waals surface area (Å²) in [4.78, 5) is 23.1. The van der Waals surface area contributed by atoms with Crippen molar-refractivity contribution in [1.29, 1.82) is 0 Å². The molecule has 0 bridgehead atoms. The fraction of sp³-hybridized carbons (Fsp3) is 0.333. The van der Waals surface area contributed by atoms with Crippen LogP contribution >= 0.6 is 34.7 Å². The summed E-state index contributed by atoms with van der Waals surface area (Å²) in [6.07, 6.45) is 0. The van der Waals surface area contributed by atoms with E-state index in [-0.39, 0.29) is 5.91 Å². The van der Waals surface area contributed by atoms with Crippen LogP contribution in [0.2, 0.25) is 5.02 Å². The van der Waals surface area contributed by atoms with E-state index < -0.39 is 0 Å². The molecule has 0 atom stereocenters. The molecule has 0 spiro atoms. The molecule has 1 fully saturated rings. The maximum atomic E-state index is 13.1. The second-order valence-electron chi connectivity index (χ2n) is 6.68. The summed E-state index contributed by atoms with van der Waals surface area (Å²) in [6, 6.07) is 15.7. The van der Waals surface area contributed by atoms with E-state index in [1.165, 1.54) is 11.3 Å². The Kier molecular flexibility index (Phi) is 7.05. The van der Waals surface area contributed by atoms with Gasteiger partial charge in [0.05, 0.1) is 28.7 Å². The first-order valence-electron chi connectivity index (χ1n) is 9.54. The second kappa shape index (κ2) is 9.91. The summed E-state index contributed by atoms with van der Waals surface area (Å²) in [5.41, 5.74) is 0.758. The average Bonchev–Trinajstić information content (AvgIpc) is 3.19. The standard InChI is InChI=1S/C21H22ClN3O2S2/c22-17-7-4-8-18-20(17)23-21(29-18)25(10-9-24-11-13-27-14-12-24)19(26)15-28-16-5-2-1-3-6-16/h1-8H,9-15H2. The number of hydrogen-bond acceptors (Lipinski definition) is 6. The van der Waals surface area contributed by atoms with Crippen LogP contribution in [0.25, 0.3) is 10.2 Å². The van der Waals surface area contributed by atoms with E-state index in [1.54, 1.807) is 11.8 Å². The molecule has 0 aliphatic carbocycles. The number of benzene rings is 2. The van der Waals surface area contributed by atoms with Crippen LogP contribution in [0, 0.1) is 0 Å². The number of ether oxygens (including phenoxy) is 1. The van der Waals surface area contributed by atoms with Crippen LogP contribution in [0.1, 0.15) is 0 Å². The van der Waals surface area contributed by atoms with Gasteiger partial charge in [0.15, 0.2) is 5.13 Å². The highest BCUT2D eigenvalue weighted by atomic mass is 35.5. The maximum absolute atomic E-state index is 13.1. The van der Waals surface area contributed by atoms with Crippen LogP contribution in [-0.2, 0) is 9.53 Å². The number of anilines is 1. The molecule has 1 saturated heterocycles. The van der Waals surface area contributed by atoms with Gasteiger partial charge in [-0.05, 0) is 24.3 Å². The highest BCUT2D eigenvalue weighted by Gasteiger charge is 2.22. The van der Waals surface area contributed by atoms with E-state index in [2.05, 4.69) is 4.90 Å². The molecule has 0 radical (unpaired) electrons. The zero-order valence-corrected chi connectivity index (χ0v) is 18.3. The van der Waals surface area contributed by atoms with E-state index in [0.29, 0.717) is 22.5 Å². The zero-order valence-electron chi connectivity index (χ0n) is 15.9. The van der Waals surface area contributed by atoms with Crippen molar-refractivity contribution in [2.45, 2.75) is 4.90 Å². The molecular weight excluding hydrogens is 426 g/mol. The SMILES string of the molecule is O=C(CSc1ccccc1)N(CCN1CCOCC1)c1nc2c(Cl)cccc2s1. The van der Waals surface area contributed by atoms with Crippen molar-refractivity contribution in [2.75, 3.05) is 50.0 Å². The lowest BCUT2D eigenvalue weighted by Gasteiger charge is -2.29. The fourth-order valence-electron chi connectivity index (χ4n) is 3.15. The number of nitrogens with zero attached hydrogens (tertiary/aromatic N) is 3. The number of thioether (sulfide) groups is 1. The molecule has 2 heterocycles. The maximum Gasteiger partial charge on any atom is 0.239 e. The minimum Gasteiger partial charge on any atom is -0.379 e. The van der Waals surface area contributed by atoms with E-state index in [9.17, 15) is 4.79 Å². The number of carbonyl (C=O) groups is 1. The Morgan fingerprint density at radius 1 is 1.17 bits per heavy atom. The summed E-state index contributed by atoms with van der Waals surface area (Å²) in [5.74, 6) is 0.429. The third-order valence-corrected chi connectivity index (χ3v) is 7.08. The van der Waals surface area contributed by atoms with Gasteiger partial charge < -0.3 is 4.74 Å². The molecule has 152 valence electrons. The van der Waals surface area contributed by atoms with Crippen molar-refractivity contribution in [3.63, 3.8) is 0 Å². The van der Waals surface area contributed by atoms with Gasteiger partial charge in [0.25, 0.3) is 0 Å². The van der Waals surface area contributed by atoms with Gasteiger partial charge in [0, 0.05) is 31.1 Å². The molecule has 1 aliphatic rings. The predicted molar refractivity (Wildman–Crippen MR) is 121 cm³/mol. The minimum atomic E-state index is 0.0577. The quantitative estimate of drug-likeness (QED) is 0.502. The number of morpholine rings is 1. The van der Waals surface area contributed by atoms with Crippen LogP contribution in [-0.4, -0.2) is 60.9 Å². The Balaban J connectivity index is 1.52. The first kappa shape index (κ1) is 20.6. The minimum absolute atomic E-state index is 0.0577. The van der Waals surface area contributed by atoms with Crippen LogP contribution < -0.4 is 4.90 Å². The Morgan fingerprint density at radius 2 is 1.97 bits per heavy atom. The zero-order chi connectivity index (χ0) is 20.1. The van der Waals surface area contributed by atoms with Gasteiger partial charge in [-0.1, -0.05) is 47.2 Å². The average molecular weight is 448 g/mol. The molecule has 8 heteroatoms. The van der Waals surface area contributed by atoms with Crippen molar-refractivity contribution in [3.05, 3.63) is 53.6 Å². The Bertz CT molecular complexity index is 961. The van der Waals surface area contributed by atoms with Gasteiger partial charge in [0.2, 0.25) is 5.91 Å². The molecule has 29 heavy (non-hydrogen) atoms. The molecular formula is C21H22ClN3O2S2. The molecule has 0 saturated carbocycles. The number of amides is 1. The molecule has 5 nitrogen and oxygen atoms in total. The molecule has 0 N–H and O–H groups in total. The molecule has 0 unspecified atom stereocenters. The van der Waals surface area contributed by atoms with Crippen LogP contribution in [0.4, 0.5) is 5.13 Å². The van der Waals surface area contributed by atoms with E-state index in [4.69, 9.17) is 21.3 Å². The molecule has 1 aliphatic heterocycles. The molecule has 1 amide bonds. The molecule has 1 aromatic heterocycles. The first-order chi connectivity index (χ1) is 14.2. The first-order valence-corrected chi connectivity index (χ1v) is 11.7. The van der Waals surface area contributed by atoms with Crippen molar-refractivity contribution in [3.8, 4) is 0 Å². The van der Waals surface area contributed by atoms with Crippen molar-refractivity contribution >= 4 is 56.0 Å². The summed E-state index contributed by atoms with van der Waals surface area (Å²) in [6.45, 7) is 4.68. The largest absolute Gasteiger partial charge is 0.379 e. The lowest BCUT2D eigenvalue weighted by molar-refractivity contribution is -0.116. The molecule has 4 rings (SSSR count). The predicted octanol–water partition coefficient (Wildman–Crippen LogP) is 4.41. The fourth-order valence-corrected chi connectivity index (χ4v) is 5.26. The van der Waals surface area contributed by atoms with Crippen molar-refractivity contribution in [2.24, 2.45) is 0 Å². The second-order valence-corrected chi connectivity index (χ2v) is 9.15. The molecule has 3 aromatic rings. The summed E-state index contributed by atoms with van der Waals surface area (Å²) in [7, 11) is 0. The highest BCUT2D eigenvalue weighted by molar-refractivity contribution is 8.00. The Labute approximate surface area is 183 Å². The summed E-state index contributed by atoms with van der Waals surface area (Å²) in [5, 5.41) is 1.32. The monoisotopic (exact) mass is 447 g/mol. The number of aromatic nitrogens is 1. The van der Waals surface area contributed by atoms with E-state index in [1.807, 2.05) is 53.4 Å². The number of halogens is 1. The summed E-state index contributed by atoms with van der Waals surface area (Å²) < 4.78 is 6.42. The van der Waals surface area contributed by atoms with Gasteiger partial charge in [-0.3, -0.25) is 14.6 Å². The van der Waals surface area contributed by atoms with Crippen LogP contribution in [0.3, 0.4) is 0 Å². The topological polar surface area (TPSA) is 45.7 Å². The summed E-state index contributed by atoms with van der Waals surface area (Å²) >= 11 is 9.37. The smallest absolute Gasteiger partial charge is 0.239 e. The van der Waals surface area contributed by atoms with Gasteiger partial charge in [-0.15, -0.1) is 11.8 Å². The van der Waals surface area contributed by atoms with Gasteiger partial charge >= 0.3 is 0 Å². The number of rotatable bonds is 7. The lowest BCUT2D eigenvalue weighted by atomic mass is 10.3. The van der Waals surface area contributed by atoms with Crippen LogP contribution in [0.15, 0.2) is 53.4 Å². The van der Waals surface area contributed by atoms with Crippen molar-refractivity contribution in [1.82, 2.24) is 9.88 Å². The lowest BCUT2D eigenvalue weighted by Crippen LogP contribution is -2.43. The Morgan fingerprint density at radius 3 is 2.72 bits per heavy atom. The third kappa shape index (κ3) is 5.29. The number of hydrogen-bond donors (Lipinski definition) is 0. The molecule has 2 aromatic carbocycles. The van der Waals surface area contributed by atoms with E-state index in [0.717, 1.165) is 48.0 Å². The van der Waals surface area contributed by atoms with Gasteiger partial charge in [-0.25, -0.2) is 4.98 Å². The van der Waals surface area contributed by atoms with Crippen molar-refractivity contribution < 1.29 is 9.53 Å². The van der Waals surface area contributed by atoms with Gasteiger partial charge in [-0.2, -0.15) is 0 Å². The highest BCUT2D eigenvalue weighted by Crippen LogP contribution is 2.33. The normalized spacial score (nSPS) is 14.9. The van der Waals surface area contributed by atoms with E-state index >= 15 is 0 Å². The third-order valence-electron chi connectivity index (χ3n) is 4.74. The number of fused-ring (bicyclic) bond motifs is 1. The van der Waals surface area contributed by atoms with Gasteiger partial charge in [0.1, 0.15) is 5.52 Å². The number of thiazole rings is 1. The number of para-hydroxylation sites is 1. The number of carbonyl (C=O) groups excluding carboxylic acids is 1. The Hall–Kier alpha value is -1.64. The van der Waals surface area contributed by atoms with Crippen LogP contribution in [0.5, 0.6) is 0 Å².